The Labute approximate surface area is 199 Å². The molecule has 0 aliphatic carbocycles. The number of esters is 1. The summed E-state index contributed by atoms with van der Waals surface area (Å²) in [5, 5.41) is 0.580. The molecule has 1 fully saturated rings. The van der Waals surface area contributed by atoms with E-state index >= 15 is 0 Å². The van der Waals surface area contributed by atoms with E-state index < -0.39 is 16.1 Å². The van der Waals surface area contributed by atoms with Gasteiger partial charge in [-0.2, -0.15) is 0 Å². The lowest BCUT2D eigenvalue weighted by Crippen LogP contribution is -2.51. The van der Waals surface area contributed by atoms with Gasteiger partial charge >= 0.3 is 5.97 Å². The minimum Gasteiger partial charge on any atom is -0.468 e. The summed E-state index contributed by atoms with van der Waals surface area (Å²) in [6, 6.07) is 12.2. The molecule has 0 saturated carbocycles. The SMILES string of the molecule is COC(=O)C(c1ccc(Cl)cc1)N1CCN(C(=O)c2ccc(S(=O)(=O)NC(C)C)cc2)CC1. The monoisotopic (exact) mass is 493 g/mol. The smallest absolute Gasteiger partial charge is 0.327 e. The Balaban J connectivity index is 1.67. The van der Waals surface area contributed by atoms with Gasteiger partial charge < -0.3 is 9.64 Å². The first kappa shape index (κ1) is 25.2. The van der Waals surface area contributed by atoms with Crippen LogP contribution in [0.25, 0.3) is 0 Å². The zero-order valence-corrected chi connectivity index (χ0v) is 20.4. The zero-order valence-electron chi connectivity index (χ0n) is 18.8. The molecule has 1 unspecified atom stereocenters. The van der Waals surface area contributed by atoms with Crippen molar-refractivity contribution in [1.29, 1.82) is 0 Å². The molecule has 1 aliphatic rings. The number of methoxy groups -OCH3 is 1. The first-order valence-corrected chi connectivity index (χ1v) is 12.5. The average molecular weight is 494 g/mol. The maximum atomic E-state index is 12.9. The Morgan fingerprint density at radius 3 is 2.06 bits per heavy atom. The number of sulfonamides is 1. The minimum atomic E-state index is -3.62. The van der Waals surface area contributed by atoms with Crippen molar-refractivity contribution in [2.24, 2.45) is 0 Å². The number of hydrogen-bond acceptors (Lipinski definition) is 6. The predicted molar refractivity (Wildman–Crippen MR) is 126 cm³/mol. The maximum absolute atomic E-state index is 12.9. The van der Waals surface area contributed by atoms with Crippen molar-refractivity contribution in [3.8, 4) is 0 Å². The van der Waals surface area contributed by atoms with E-state index in [1.807, 2.05) is 4.90 Å². The van der Waals surface area contributed by atoms with E-state index in [2.05, 4.69) is 4.72 Å². The molecule has 0 radical (unpaired) electrons. The minimum absolute atomic E-state index is 0.112. The summed E-state index contributed by atoms with van der Waals surface area (Å²) in [6.07, 6.45) is 0. The molecule has 1 heterocycles. The van der Waals surface area contributed by atoms with Crippen LogP contribution in [-0.4, -0.2) is 69.4 Å². The molecule has 1 amide bonds. The Morgan fingerprint density at radius 1 is 0.970 bits per heavy atom. The van der Waals surface area contributed by atoms with E-state index in [1.165, 1.54) is 31.4 Å². The number of carbonyl (C=O) groups is 2. The number of piperazine rings is 1. The van der Waals surface area contributed by atoms with E-state index in [0.29, 0.717) is 36.8 Å². The van der Waals surface area contributed by atoms with Gasteiger partial charge in [-0.15, -0.1) is 0 Å². The quantitative estimate of drug-likeness (QED) is 0.596. The van der Waals surface area contributed by atoms with E-state index in [1.54, 1.807) is 43.0 Å². The molecule has 0 bridgehead atoms. The van der Waals surface area contributed by atoms with E-state index in [0.717, 1.165) is 5.56 Å². The summed E-state index contributed by atoms with van der Waals surface area (Å²) in [5.74, 6) is -0.555. The molecule has 1 N–H and O–H groups in total. The molecule has 33 heavy (non-hydrogen) atoms. The van der Waals surface area contributed by atoms with Gasteiger partial charge in [-0.3, -0.25) is 9.69 Å². The normalized spacial score (nSPS) is 16.0. The topological polar surface area (TPSA) is 96.0 Å². The number of nitrogens with zero attached hydrogens (tertiary/aromatic N) is 2. The second-order valence-electron chi connectivity index (χ2n) is 8.11. The van der Waals surface area contributed by atoms with Gasteiger partial charge in [-0.05, 0) is 55.8 Å². The van der Waals surface area contributed by atoms with Gasteiger partial charge in [-0.25, -0.2) is 17.9 Å². The number of hydrogen-bond donors (Lipinski definition) is 1. The van der Waals surface area contributed by atoms with Crippen LogP contribution >= 0.6 is 11.6 Å². The zero-order chi connectivity index (χ0) is 24.2. The maximum Gasteiger partial charge on any atom is 0.327 e. The van der Waals surface area contributed by atoms with Gasteiger partial charge in [-0.1, -0.05) is 23.7 Å². The largest absolute Gasteiger partial charge is 0.468 e. The Morgan fingerprint density at radius 2 is 1.55 bits per heavy atom. The fraction of sp³-hybridized carbons (Fsp3) is 0.391. The third kappa shape index (κ3) is 6.11. The number of ether oxygens (including phenoxy) is 1. The predicted octanol–water partition coefficient (Wildman–Crippen LogP) is 2.70. The first-order valence-electron chi connectivity index (χ1n) is 10.6. The third-order valence-corrected chi connectivity index (χ3v) is 7.31. The van der Waals surface area contributed by atoms with Crippen LogP contribution in [0.1, 0.15) is 35.8 Å². The highest BCUT2D eigenvalue weighted by molar-refractivity contribution is 7.89. The lowest BCUT2D eigenvalue weighted by molar-refractivity contribution is -0.148. The standard InChI is InChI=1S/C23H28ClN3O5S/c1-16(2)25-33(30,31)20-10-6-18(7-11-20)22(28)27-14-12-26(13-15-27)21(23(29)32-3)17-4-8-19(24)9-5-17/h4-11,16,21,25H,12-15H2,1-3H3. The molecule has 1 saturated heterocycles. The fourth-order valence-electron chi connectivity index (χ4n) is 3.77. The molecule has 1 atom stereocenters. The van der Waals surface area contributed by atoms with Crippen molar-refractivity contribution in [3.05, 3.63) is 64.7 Å². The number of nitrogens with one attached hydrogen (secondary N) is 1. The molecule has 0 aromatic heterocycles. The molecule has 2 aromatic rings. The van der Waals surface area contributed by atoms with Crippen LogP contribution in [0.2, 0.25) is 5.02 Å². The molecule has 1 aliphatic heterocycles. The highest BCUT2D eigenvalue weighted by Gasteiger charge is 2.32. The summed E-state index contributed by atoms with van der Waals surface area (Å²) in [5.41, 5.74) is 1.19. The fourth-order valence-corrected chi connectivity index (χ4v) is 5.15. The van der Waals surface area contributed by atoms with E-state index in [9.17, 15) is 18.0 Å². The molecule has 2 aromatic carbocycles. The van der Waals surface area contributed by atoms with Crippen molar-refractivity contribution in [2.45, 2.75) is 30.8 Å². The van der Waals surface area contributed by atoms with Crippen LogP contribution in [0.3, 0.4) is 0 Å². The van der Waals surface area contributed by atoms with Gasteiger partial charge in [0.1, 0.15) is 6.04 Å². The van der Waals surface area contributed by atoms with Gasteiger partial charge in [0.05, 0.1) is 12.0 Å². The first-order chi connectivity index (χ1) is 15.6. The second-order valence-corrected chi connectivity index (χ2v) is 10.3. The second kappa shape index (κ2) is 10.6. The Bertz CT molecular complexity index is 1080. The van der Waals surface area contributed by atoms with Crippen LogP contribution in [0.15, 0.2) is 53.4 Å². The highest BCUT2D eigenvalue weighted by Crippen LogP contribution is 2.25. The van der Waals surface area contributed by atoms with Crippen LogP contribution in [0, 0.1) is 0 Å². The van der Waals surface area contributed by atoms with Crippen LogP contribution in [0.5, 0.6) is 0 Å². The van der Waals surface area contributed by atoms with Gasteiger partial charge in [0.15, 0.2) is 0 Å². The van der Waals surface area contributed by atoms with Crippen molar-refractivity contribution in [2.75, 3.05) is 33.3 Å². The molecular weight excluding hydrogens is 466 g/mol. The number of amides is 1. The Kier molecular flexibility index (Phi) is 8.12. The number of carbonyl (C=O) groups excluding carboxylic acids is 2. The number of rotatable bonds is 7. The molecule has 8 nitrogen and oxygen atoms in total. The highest BCUT2D eigenvalue weighted by atomic mass is 35.5. The van der Waals surface area contributed by atoms with Gasteiger partial charge in [0, 0.05) is 42.8 Å². The summed E-state index contributed by atoms with van der Waals surface area (Å²) in [6.45, 7) is 5.31. The van der Waals surface area contributed by atoms with Crippen molar-refractivity contribution in [3.63, 3.8) is 0 Å². The molecular formula is C23H28ClN3O5S. The molecule has 3 rings (SSSR count). The van der Waals surface area contributed by atoms with Crippen molar-refractivity contribution >= 4 is 33.5 Å². The van der Waals surface area contributed by atoms with Crippen molar-refractivity contribution < 1.29 is 22.7 Å². The molecule has 0 spiro atoms. The van der Waals surface area contributed by atoms with Gasteiger partial charge in [0.25, 0.3) is 5.91 Å². The summed E-state index contributed by atoms with van der Waals surface area (Å²) in [7, 11) is -2.26. The average Bonchev–Trinajstić information content (AvgIpc) is 2.79. The summed E-state index contributed by atoms with van der Waals surface area (Å²) >= 11 is 5.97. The van der Waals surface area contributed by atoms with Crippen molar-refractivity contribution in [1.82, 2.24) is 14.5 Å². The molecule has 178 valence electrons. The van der Waals surface area contributed by atoms with E-state index in [-0.39, 0.29) is 22.8 Å². The van der Waals surface area contributed by atoms with Crippen LogP contribution in [-0.2, 0) is 19.6 Å². The number of halogens is 1. The Hall–Kier alpha value is -2.46. The lowest BCUT2D eigenvalue weighted by atomic mass is 10.0. The third-order valence-electron chi connectivity index (χ3n) is 5.38. The summed E-state index contributed by atoms with van der Waals surface area (Å²) in [4.78, 5) is 29.2. The molecule has 10 heteroatoms. The van der Waals surface area contributed by atoms with Crippen LogP contribution in [0.4, 0.5) is 0 Å². The summed E-state index contributed by atoms with van der Waals surface area (Å²) < 4.78 is 32.1. The van der Waals surface area contributed by atoms with E-state index in [4.69, 9.17) is 16.3 Å². The van der Waals surface area contributed by atoms with Gasteiger partial charge in [0.2, 0.25) is 10.0 Å². The van der Waals surface area contributed by atoms with Crippen LogP contribution < -0.4 is 4.72 Å². The number of benzene rings is 2. The lowest BCUT2D eigenvalue weighted by Gasteiger charge is -2.38.